The highest BCUT2D eigenvalue weighted by Crippen LogP contribution is 2.22. The third-order valence-corrected chi connectivity index (χ3v) is 3.91. The first-order valence-electron chi connectivity index (χ1n) is 7.66. The molecule has 1 heterocycles. The molecule has 0 fully saturated rings. The minimum Gasteiger partial charge on any atom is -0.459 e. The molecule has 0 spiro atoms. The number of rotatable bonds is 4. The average molecular weight is 373 g/mol. The molecule has 3 aromatic rings. The van der Waals surface area contributed by atoms with Crippen molar-refractivity contribution in [3.05, 3.63) is 82.5 Å². The summed E-state index contributed by atoms with van der Waals surface area (Å²) in [6.07, 6.45) is 1.40. The van der Waals surface area contributed by atoms with Crippen LogP contribution in [-0.2, 0) is 0 Å². The van der Waals surface area contributed by atoms with Gasteiger partial charge in [-0.2, -0.15) is 0 Å². The monoisotopic (exact) mass is 372 g/mol. The average Bonchev–Trinajstić information content (AvgIpc) is 3.14. The number of furan rings is 1. The Balaban J connectivity index is 1.80. The van der Waals surface area contributed by atoms with Crippen LogP contribution in [0.2, 0.25) is 5.02 Å². The summed E-state index contributed by atoms with van der Waals surface area (Å²) in [5, 5.41) is 5.40. The molecule has 7 heteroatoms. The maximum absolute atomic E-state index is 13.8. The van der Waals surface area contributed by atoms with Gasteiger partial charge in [0.15, 0.2) is 5.76 Å². The number of hydrogen-bond acceptors (Lipinski definition) is 3. The predicted octanol–water partition coefficient (Wildman–Crippen LogP) is 4.89. The number of anilines is 2. The van der Waals surface area contributed by atoms with Gasteiger partial charge in [0.1, 0.15) is 5.82 Å². The minimum absolute atomic E-state index is 0.0150. The quantitative estimate of drug-likeness (QED) is 0.685. The fourth-order valence-corrected chi connectivity index (χ4v) is 2.43. The molecule has 0 radical (unpaired) electrons. The number of benzene rings is 2. The number of amides is 2. The van der Waals surface area contributed by atoms with Crippen LogP contribution >= 0.6 is 11.6 Å². The molecule has 26 heavy (non-hydrogen) atoms. The Kier molecular flexibility index (Phi) is 5.04. The summed E-state index contributed by atoms with van der Waals surface area (Å²) in [5.74, 6) is -1.43. The van der Waals surface area contributed by atoms with E-state index in [9.17, 15) is 14.0 Å². The Bertz CT molecular complexity index is 971. The van der Waals surface area contributed by atoms with Gasteiger partial charge in [-0.25, -0.2) is 4.39 Å². The maximum atomic E-state index is 13.8. The van der Waals surface area contributed by atoms with E-state index in [0.29, 0.717) is 5.69 Å². The van der Waals surface area contributed by atoms with Crippen LogP contribution in [-0.4, -0.2) is 11.8 Å². The molecule has 0 atom stereocenters. The highest BCUT2D eigenvalue weighted by molar-refractivity contribution is 6.30. The van der Waals surface area contributed by atoms with Gasteiger partial charge in [-0.05, 0) is 55.0 Å². The molecule has 0 saturated heterocycles. The third-order valence-electron chi connectivity index (χ3n) is 3.67. The third kappa shape index (κ3) is 3.92. The number of hydrogen-bond donors (Lipinski definition) is 2. The molecule has 0 unspecified atom stereocenters. The predicted molar refractivity (Wildman–Crippen MR) is 97.2 cm³/mol. The molecule has 2 N–H and O–H groups in total. The van der Waals surface area contributed by atoms with Gasteiger partial charge in [0.2, 0.25) is 0 Å². The number of carbonyl (C=O) groups is 2. The van der Waals surface area contributed by atoms with Crippen molar-refractivity contribution in [3.8, 4) is 0 Å². The van der Waals surface area contributed by atoms with E-state index >= 15 is 0 Å². The Morgan fingerprint density at radius 3 is 2.46 bits per heavy atom. The summed E-state index contributed by atoms with van der Waals surface area (Å²) in [7, 11) is 0. The topological polar surface area (TPSA) is 71.3 Å². The first-order valence-corrected chi connectivity index (χ1v) is 8.04. The molecule has 3 rings (SSSR count). The zero-order chi connectivity index (χ0) is 18.7. The van der Waals surface area contributed by atoms with Gasteiger partial charge < -0.3 is 15.1 Å². The molecular formula is C19H14ClFN2O3. The lowest BCUT2D eigenvalue weighted by Crippen LogP contribution is -2.15. The molecule has 2 amide bonds. The van der Waals surface area contributed by atoms with Crippen molar-refractivity contribution in [1.29, 1.82) is 0 Å². The highest BCUT2D eigenvalue weighted by atomic mass is 35.5. The van der Waals surface area contributed by atoms with Gasteiger partial charge in [0, 0.05) is 16.3 Å². The molecule has 0 bridgehead atoms. The molecule has 0 saturated carbocycles. The van der Waals surface area contributed by atoms with Crippen LogP contribution in [0.3, 0.4) is 0 Å². The SMILES string of the molecule is Cc1ccc(C(=O)Nc2ccc(Cl)cc2F)cc1NC(=O)c1ccco1. The van der Waals surface area contributed by atoms with Gasteiger partial charge in [-0.15, -0.1) is 0 Å². The molecule has 2 aromatic carbocycles. The summed E-state index contributed by atoms with van der Waals surface area (Å²) in [4.78, 5) is 24.5. The second-order valence-electron chi connectivity index (χ2n) is 5.54. The number of aryl methyl sites for hydroxylation is 1. The van der Waals surface area contributed by atoms with Crippen molar-refractivity contribution >= 4 is 34.8 Å². The van der Waals surface area contributed by atoms with Gasteiger partial charge >= 0.3 is 0 Å². The van der Waals surface area contributed by atoms with Crippen molar-refractivity contribution in [2.24, 2.45) is 0 Å². The highest BCUT2D eigenvalue weighted by Gasteiger charge is 2.14. The Morgan fingerprint density at radius 2 is 1.77 bits per heavy atom. The molecule has 5 nitrogen and oxygen atoms in total. The fraction of sp³-hybridized carbons (Fsp3) is 0.0526. The Hall–Kier alpha value is -3.12. The fourth-order valence-electron chi connectivity index (χ4n) is 2.27. The molecule has 0 aliphatic carbocycles. The van der Waals surface area contributed by atoms with Crippen LogP contribution in [0.1, 0.15) is 26.5 Å². The van der Waals surface area contributed by atoms with Crippen molar-refractivity contribution in [1.82, 2.24) is 0 Å². The summed E-state index contributed by atoms with van der Waals surface area (Å²) < 4.78 is 18.9. The number of carbonyl (C=O) groups excluding carboxylic acids is 2. The van der Waals surface area contributed by atoms with Gasteiger partial charge in [-0.1, -0.05) is 17.7 Å². The van der Waals surface area contributed by atoms with E-state index in [1.54, 1.807) is 25.1 Å². The summed E-state index contributed by atoms with van der Waals surface area (Å²) in [6.45, 7) is 1.79. The first kappa shape index (κ1) is 17.7. The van der Waals surface area contributed by atoms with Crippen molar-refractivity contribution in [2.45, 2.75) is 6.92 Å². The summed E-state index contributed by atoms with van der Waals surface area (Å²) in [6, 6.07) is 11.9. The van der Waals surface area contributed by atoms with Crippen molar-refractivity contribution < 1.29 is 18.4 Å². The molecular weight excluding hydrogens is 359 g/mol. The minimum atomic E-state index is -0.635. The molecule has 132 valence electrons. The lowest BCUT2D eigenvalue weighted by molar-refractivity contribution is 0.0993. The second-order valence-corrected chi connectivity index (χ2v) is 5.98. The van der Waals surface area contributed by atoms with Crippen LogP contribution in [0.15, 0.2) is 59.2 Å². The van der Waals surface area contributed by atoms with E-state index < -0.39 is 17.6 Å². The van der Waals surface area contributed by atoms with Gasteiger partial charge in [0.25, 0.3) is 11.8 Å². The van der Waals surface area contributed by atoms with E-state index in [0.717, 1.165) is 11.6 Å². The van der Waals surface area contributed by atoms with E-state index in [1.807, 2.05) is 0 Å². The van der Waals surface area contributed by atoms with Crippen molar-refractivity contribution in [2.75, 3.05) is 10.6 Å². The van der Waals surface area contributed by atoms with Gasteiger partial charge in [-0.3, -0.25) is 9.59 Å². The number of nitrogens with one attached hydrogen (secondary N) is 2. The van der Waals surface area contributed by atoms with Crippen LogP contribution in [0, 0.1) is 12.7 Å². The zero-order valence-electron chi connectivity index (χ0n) is 13.7. The largest absolute Gasteiger partial charge is 0.459 e. The molecule has 0 aliphatic rings. The first-order chi connectivity index (χ1) is 12.4. The van der Waals surface area contributed by atoms with E-state index in [-0.39, 0.29) is 22.0 Å². The van der Waals surface area contributed by atoms with E-state index in [2.05, 4.69) is 10.6 Å². The zero-order valence-corrected chi connectivity index (χ0v) is 14.4. The second kappa shape index (κ2) is 7.41. The summed E-state index contributed by atoms with van der Waals surface area (Å²) >= 11 is 5.70. The van der Waals surface area contributed by atoms with Crippen LogP contribution in [0.5, 0.6) is 0 Å². The molecule has 1 aromatic heterocycles. The standard InChI is InChI=1S/C19H14ClFN2O3/c1-11-4-5-12(9-16(11)23-19(25)17-3-2-8-26-17)18(24)22-15-7-6-13(20)10-14(15)21/h2-10H,1H3,(H,22,24)(H,23,25). The van der Waals surface area contributed by atoms with E-state index in [1.165, 1.54) is 30.5 Å². The Morgan fingerprint density at radius 1 is 1.00 bits per heavy atom. The van der Waals surface area contributed by atoms with Crippen LogP contribution in [0.25, 0.3) is 0 Å². The van der Waals surface area contributed by atoms with E-state index in [4.69, 9.17) is 16.0 Å². The maximum Gasteiger partial charge on any atom is 0.291 e. The van der Waals surface area contributed by atoms with Gasteiger partial charge in [0.05, 0.1) is 12.0 Å². The lowest BCUT2D eigenvalue weighted by Gasteiger charge is -2.11. The number of halogens is 2. The van der Waals surface area contributed by atoms with Crippen LogP contribution < -0.4 is 10.6 Å². The normalized spacial score (nSPS) is 10.4. The molecule has 0 aliphatic heterocycles. The smallest absolute Gasteiger partial charge is 0.291 e. The van der Waals surface area contributed by atoms with Crippen LogP contribution in [0.4, 0.5) is 15.8 Å². The Labute approximate surface area is 153 Å². The summed E-state index contributed by atoms with van der Waals surface area (Å²) in [5.41, 5.74) is 1.50. The van der Waals surface area contributed by atoms with Crippen molar-refractivity contribution in [3.63, 3.8) is 0 Å². The lowest BCUT2D eigenvalue weighted by atomic mass is 10.1.